The molecule has 32 heavy (non-hydrogen) atoms. The number of fused-ring (bicyclic) bond motifs is 2. The van der Waals surface area contributed by atoms with Crippen molar-refractivity contribution in [1.29, 1.82) is 0 Å². The van der Waals surface area contributed by atoms with Crippen molar-refractivity contribution < 1.29 is 64.9 Å². The van der Waals surface area contributed by atoms with E-state index in [1.807, 2.05) is 0 Å². The highest BCUT2D eigenvalue weighted by molar-refractivity contribution is 5.50. The Morgan fingerprint density at radius 2 is 1.59 bits per heavy atom. The first-order valence-electron chi connectivity index (χ1n) is 9.94. The van der Waals surface area contributed by atoms with Crippen molar-refractivity contribution in [3.8, 4) is 11.5 Å². The van der Waals surface area contributed by atoms with Gasteiger partial charge < -0.3 is 64.9 Å². The molecule has 13 nitrogen and oxygen atoms in total. The van der Waals surface area contributed by atoms with E-state index in [0.717, 1.165) is 6.07 Å². The van der Waals surface area contributed by atoms with Crippen LogP contribution < -0.4 is 0 Å². The maximum Gasteiger partial charge on any atom is 0.229 e. The van der Waals surface area contributed by atoms with Crippen molar-refractivity contribution in [2.75, 3.05) is 13.2 Å². The third-order valence-corrected chi connectivity index (χ3v) is 6.04. The van der Waals surface area contributed by atoms with Gasteiger partial charge in [0.1, 0.15) is 60.3 Å². The molecule has 0 aromatic heterocycles. The summed E-state index contributed by atoms with van der Waals surface area (Å²) in [4.78, 5) is 0. The monoisotopic (exact) mass is 462 g/mol. The van der Waals surface area contributed by atoms with Crippen molar-refractivity contribution in [2.24, 2.45) is 0 Å². The van der Waals surface area contributed by atoms with Gasteiger partial charge in [-0.25, -0.2) is 0 Å². The van der Waals surface area contributed by atoms with Gasteiger partial charge in [0.2, 0.25) is 5.79 Å². The number of phenolic OH excluding ortho intramolecular Hbond substituents is 2. The Bertz CT molecular complexity index is 832. The normalized spacial score (nSPS) is 44.0. The van der Waals surface area contributed by atoms with Crippen molar-refractivity contribution >= 4 is 0 Å². The van der Waals surface area contributed by atoms with Gasteiger partial charge in [0.25, 0.3) is 0 Å². The van der Waals surface area contributed by atoms with Crippen molar-refractivity contribution in [3.05, 3.63) is 23.3 Å². The van der Waals surface area contributed by atoms with E-state index in [-0.39, 0.29) is 17.9 Å². The van der Waals surface area contributed by atoms with Gasteiger partial charge in [0.15, 0.2) is 6.29 Å². The standard InChI is InChI=1S/C19H26O13/c20-3-9-12(24)13(25)14(26)18(30-9)31-16-10(4-21)32-19(17(28)15(16)27)11-6(5-29-19)1-7(22)2-8(11)23/h1-2,9-10,12-18,20-28H,3-5H2/t9-,10-,12+,13+,14-,15+,16-,17-,18+,19+/m1/s1. The minimum atomic E-state index is -2.09. The van der Waals surface area contributed by atoms with Crippen LogP contribution in [0.1, 0.15) is 11.1 Å². The third-order valence-electron chi connectivity index (χ3n) is 6.04. The number of benzene rings is 1. The molecule has 3 aliphatic rings. The molecule has 180 valence electrons. The summed E-state index contributed by atoms with van der Waals surface area (Å²) in [6.45, 7) is -1.65. The van der Waals surface area contributed by atoms with Gasteiger partial charge in [0.05, 0.1) is 25.4 Å². The van der Waals surface area contributed by atoms with E-state index in [1.54, 1.807) is 0 Å². The molecule has 0 unspecified atom stereocenters. The van der Waals surface area contributed by atoms with E-state index in [4.69, 9.17) is 18.9 Å². The van der Waals surface area contributed by atoms with Crippen molar-refractivity contribution in [1.82, 2.24) is 0 Å². The first kappa shape index (κ1) is 23.5. The second kappa shape index (κ2) is 8.62. The van der Waals surface area contributed by atoms with Crippen LogP contribution in [0.4, 0.5) is 0 Å². The van der Waals surface area contributed by atoms with Crippen LogP contribution in [0.5, 0.6) is 11.5 Å². The summed E-state index contributed by atoms with van der Waals surface area (Å²) in [7, 11) is 0. The van der Waals surface area contributed by atoms with Gasteiger partial charge in [-0.05, 0) is 11.6 Å². The van der Waals surface area contributed by atoms with Crippen molar-refractivity contribution in [3.63, 3.8) is 0 Å². The largest absolute Gasteiger partial charge is 0.508 e. The van der Waals surface area contributed by atoms with Gasteiger partial charge in [-0.2, -0.15) is 0 Å². The van der Waals surface area contributed by atoms with Crippen LogP contribution in [0, 0.1) is 0 Å². The van der Waals surface area contributed by atoms with E-state index in [2.05, 4.69) is 0 Å². The highest BCUT2D eigenvalue weighted by Crippen LogP contribution is 2.50. The van der Waals surface area contributed by atoms with Crippen LogP contribution in [0.15, 0.2) is 12.1 Å². The number of ether oxygens (including phenoxy) is 4. The van der Waals surface area contributed by atoms with Gasteiger partial charge in [0, 0.05) is 6.07 Å². The molecule has 2 saturated heterocycles. The Morgan fingerprint density at radius 1 is 0.906 bits per heavy atom. The van der Waals surface area contributed by atoms with Crippen LogP contribution in [0.2, 0.25) is 0 Å². The molecule has 1 aromatic carbocycles. The molecule has 0 radical (unpaired) electrons. The minimum absolute atomic E-state index is 0.0356. The average Bonchev–Trinajstić information content (AvgIpc) is 3.13. The fraction of sp³-hybridized carbons (Fsp3) is 0.684. The number of rotatable bonds is 4. The molecule has 9 N–H and O–H groups in total. The van der Waals surface area contributed by atoms with E-state index < -0.39 is 79.9 Å². The Balaban J connectivity index is 1.61. The number of phenols is 2. The predicted molar refractivity (Wildman–Crippen MR) is 98.9 cm³/mol. The van der Waals surface area contributed by atoms with Crippen LogP contribution in [0.3, 0.4) is 0 Å². The lowest BCUT2D eigenvalue weighted by Gasteiger charge is -2.49. The van der Waals surface area contributed by atoms with E-state index in [1.165, 1.54) is 6.07 Å². The highest BCUT2D eigenvalue weighted by Gasteiger charge is 2.61. The Kier molecular flexibility index (Phi) is 6.34. The zero-order valence-electron chi connectivity index (χ0n) is 16.6. The number of hydrogen-bond acceptors (Lipinski definition) is 13. The molecule has 0 bridgehead atoms. The van der Waals surface area contributed by atoms with Crippen LogP contribution in [0.25, 0.3) is 0 Å². The van der Waals surface area contributed by atoms with Gasteiger partial charge in [-0.1, -0.05) is 0 Å². The van der Waals surface area contributed by atoms with E-state index >= 15 is 0 Å². The molecular formula is C19H26O13. The predicted octanol–water partition coefficient (Wildman–Crippen LogP) is -3.92. The maximum absolute atomic E-state index is 10.9. The number of aliphatic hydroxyl groups excluding tert-OH is 7. The summed E-state index contributed by atoms with van der Waals surface area (Å²) in [6.07, 6.45) is -14.7. The molecule has 0 amide bonds. The first-order valence-corrected chi connectivity index (χ1v) is 9.94. The Hall–Kier alpha value is -1.62. The quantitative estimate of drug-likeness (QED) is 0.209. The molecule has 0 aliphatic carbocycles. The topological polar surface area (TPSA) is 219 Å². The number of hydrogen-bond donors (Lipinski definition) is 9. The van der Waals surface area contributed by atoms with Crippen LogP contribution in [-0.2, 0) is 31.3 Å². The summed E-state index contributed by atoms with van der Waals surface area (Å²) in [6, 6.07) is 2.29. The zero-order chi connectivity index (χ0) is 23.4. The van der Waals surface area contributed by atoms with Gasteiger partial charge >= 0.3 is 0 Å². The minimum Gasteiger partial charge on any atom is -0.508 e. The first-order chi connectivity index (χ1) is 15.1. The zero-order valence-corrected chi connectivity index (χ0v) is 16.6. The lowest BCUT2D eigenvalue weighted by atomic mass is 9.86. The molecule has 3 heterocycles. The average molecular weight is 462 g/mol. The molecular weight excluding hydrogens is 436 g/mol. The lowest BCUT2D eigenvalue weighted by Crippen LogP contribution is -2.66. The lowest BCUT2D eigenvalue weighted by molar-refractivity contribution is -0.395. The Labute approximate surface area is 181 Å². The molecule has 13 heteroatoms. The molecule has 10 atom stereocenters. The molecule has 3 aliphatic heterocycles. The highest BCUT2D eigenvalue weighted by atomic mass is 16.8. The summed E-state index contributed by atoms with van der Waals surface area (Å²) in [5.74, 6) is -2.81. The maximum atomic E-state index is 10.9. The molecule has 0 saturated carbocycles. The van der Waals surface area contributed by atoms with Crippen LogP contribution >= 0.6 is 0 Å². The third kappa shape index (κ3) is 3.55. The summed E-state index contributed by atoms with van der Waals surface area (Å²) in [5.41, 5.74) is 0.255. The van der Waals surface area contributed by atoms with E-state index in [0.29, 0.717) is 5.56 Å². The fourth-order valence-electron chi connectivity index (χ4n) is 4.40. The van der Waals surface area contributed by atoms with Crippen molar-refractivity contribution in [2.45, 2.75) is 67.5 Å². The second-order valence-corrected chi connectivity index (χ2v) is 8.03. The van der Waals surface area contributed by atoms with E-state index in [9.17, 15) is 46.0 Å². The second-order valence-electron chi connectivity index (χ2n) is 8.03. The number of aromatic hydroxyl groups is 2. The Morgan fingerprint density at radius 3 is 2.25 bits per heavy atom. The summed E-state index contributed by atoms with van der Waals surface area (Å²) >= 11 is 0. The smallest absolute Gasteiger partial charge is 0.229 e. The molecule has 4 rings (SSSR count). The van der Waals surface area contributed by atoms with Crippen LogP contribution in [-0.4, -0.2) is 114 Å². The molecule has 2 fully saturated rings. The van der Waals surface area contributed by atoms with Gasteiger partial charge in [-0.15, -0.1) is 0 Å². The fourth-order valence-corrected chi connectivity index (χ4v) is 4.40. The summed E-state index contributed by atoms with van der Waals surface area (Å²) < 4.78 is 22.1. The molecule has 1 spiro atoms. The van der Waals surface area contributed by atoms with Gasteiger partial charge in [-0.3, -0.25) is 0 Å². The molecule has 1 aromatic rings. The number of aliphatic hydroxyl groups is 7. The summed E-state index contributed by atoms with van der Waals surface area (Å²) in [5, 5.41) is 90.9. The SMILES string of the molecule is OC[C@H]1O[C@@H](O[C@H]2[C@H](O)[C@@H](O)[C@@]3(OCc4cc(O)cc(O)c43)O[C@@H]2CO)[C@H](O)[C@@H](O)[C@H]1O.